The number of ether oxygens (including phenoxy) is 2. The summed E-state index contributed by atoms with van der Waals surface area (Å²) in [6.07, 6.45) is 0.279. The van der Waals surface area contributed by atoms with Gasteiger partial charge in [-0.15, -0.1) is 0 Å². The minimum Gasteiger partial charge on any atom is -0.497 e. The van der Waals surface area contributed by atoms with E-state index in [0.29, 0.717) is 24.3 Å². The average molecular weight is 385 g/mol. The highest BCUT2D eigenvalue weighted by Crippen LogP contribution is 2.28. The van der Waals surface area contributed by atoms with Gasteiger partial charge in [0.25, 0.3) is 0 Å². The van der Waals surface area contributed by atoms with Crippen molar-refractivity contribution in [3.63, 3.8) is 0 Å². The van der Waals surface area contributed by atoms with Crippen molar-refractivity contribution in [1.82, 2.24) is 5.32 Å². The van der Waals surface area contributed by atoms with Crippen LogP contribution in [0.25, 0.3) is 0 Å². The smallest absolute Gasteiger partial charge is 0.306 e. The van der Waals surface area contributed by atoms with Gasteiger partial charge in [-0.3, -0.25) is 9.59 Å². The molecule has 0 aliphatic rings. The summed E-state index contributed by atoms with van der Waals surface area (Å²) in [7, 11) is 1.54. The molecular weight excluding hydrogens is 358 g/mol. The van der Waals surface area contributed by atoms with Crippen molar-refractivity contribution in [2.45, 2.75) is 32.2 Å². The fourth-order valence-corrected chi connectivity index (χ4v) is 2.88. The largest absolute Gasteiger partial charge is 0.497 e. The molecule has 0 heterocycles. The maximum absolute atomic E-state index is 12.7. The second-order valence-corrected chi connectivity index (χ2v) is 6.98. The maximum atomic E-state index is 12.7. The van der Waals surface area contributed by atoms with Crippen LogP contribution in [0.2, 0.25) is 0 Å². The number of aliphatic carboxylic acids is 1. The van der Waals surface area contributed by atoms with Crippen LogP contribution in [-0.4, -0.2) is 30.7 Å². The van der Waals surface area contributed by atoms with Crippen molar-refractivity contribution in [2.24, 2.45) is 5.92 Å². The molecule has 0 saturated carbocycles. The van der Waals surface area contributed by atoms with Crippen LogP contribution in [0.3, 0.4) is 0 Å². The zero-order valence-electron chi connectivity index (χ0n) is 16.5. The Bertz CT molecular complexity index is 793. The SMILES string of the molecule is COc1cccc(C(C)(CC(=O)O)NC(=O)C(C)CCOc2ccccc2)c1. The predicted molar refractivity (Wildman–Crippen MR) is 106 cm³/mol. The van der Waals surface area contributed by atoms with Crippen LogP contribution in [0.1, 0.15) is 32.3 Å². The lowest BCUT2D eigenvalue weighted by Crippen LogP contribution is -2.47. The van der Waals surface area contributed by atoms with Crippen molar-refractivity contribution < 1.29 is 24.2 Å². The number of carbonyl (C=O) groups excluding carboxylic acids is 1. The zero-order chi connectivity index (χ0) is 20.6. The Hall–Kier alpha value is -3.02. The number of carbonyl (C=O) groups is 2. The quantitative estimate of drug-likeness (QED) is 0.653. The van der Waals surface area contributed by atoms with Gasteiger partial charge in [-0.1, -0.05) is 37.3 Å². The summed E-state index contributed by atoms with van der Waals surface area (Å²) >= 11 is 0. The summed E-state index contributed by atoms with van der Waals surface area (Å²) in [6, 6.07) is 16.5. The van der Waals surface area contributed by atoms with Crippen LogP contribution in [-0.2, 0) is 15.1 Å². The number of benzene rings is 2. The molecule has 2 unspecified atom stereocenters. The van der Waals surface area contributed by atoms with Crippen LogP contribution in [0.4, 0.5) is 0 Å². The van der Waals surface area contributed by atoms with E-state index in [9.17, 15) is 14.7 Å². The van der Waals surface area contributed by atoms with Gasteiger partial charge in [0.15, 0.2) is 0 Å². The van der Waals surface area contributed by atoms with Crippen LogP contribution < -0.4 is 14.8 Å². The second-order valence-electron chi connectivity index (χ2n) is 6.98. The van der Waals surface area contributed by atoms with E-state index in [2.05, 4.69) is 5.32 Å². The highest BCUT2D eigenvalue weighted by atomic mass is 16.5. The molecule has 2 atom stereocenters. The van der Waals surface area contributed by atoms with E-state index in [1.54, 1.807) is 45.2 Å². The summed E-state index contributed by atoms with van der Waals surface area (Å²) in [4.78, 5) is 24.1. The van der Waals surface area contributed by atoms with Gasteiger partial charge in [0, 0.05) is 5.92 Å². The first-order valence-corrected chi connectivity index (χ1v) is 9.20. The van der Waals surface area contributed by atoms with E-state index in [1.165, 1.54) is 0 Å². The van der Waals surface area contributed by atoms with E-state index >= 15 is 0 Å². The third kappa shape index (κ3) is 6.01. The van der Waals surface area contributed by atoms with Crippen molar-refractivity contribution in [3.8, 4) is 11.5 Å². The van der Waals surface area contributed by atoms with Gasteiger partial charge >= 0.3 is 5.97 Å². The van der Waals surface area contributed by atoms with Crippen molar-refractivity contribution in [2.75, 3.05) is 13.7 Å². The standard InChI is InChI=1S/C22H27NO5/c1-16(12-13-28-18-9-5-4-6-10-18)21(26)23-22(2,15-20(24)25)17-8-7-11-19(14-17)27-3/h4-11,14,16H,12-13,15H2,1-3H3,(H,23,26)(H,24,25). The summed E-state index contributed by atoms with van der Waals surface area (Å²) in [5.74, 6) is -0.189. The molecular formula is C22H27NO5. The molecule has 2 N–H and O–H groups in total. The number of hydrogen-bond acceptors (Lipinski definition) is 4. The Morgan fingerprint density at radius 2 is 1.79 bits per heavy atom. The van der Waals surface area contributed by atoms with Crippen LogP contribution in [0, 0.1) is 5.92 Å². The Morgan fingerprint density at radius 3 is 2.43 bits per heavy atom. The van der Waals surface area contributed by atoms with Gasteiger partial charge < -0.3 is 19.9 Å². The molecule has 0 aliphatic heterocycles. The average Bonchev–Trinajstić information content (AvgIpc) is 2.68. The lowest BCUT2D eigenvalue weighted by atomic mass is 9.87. The van der Waals surface area contributed by atoms with E-state index in [0.717, 1.165) is 5.75 Å². The van der Waals surface area contributed by atoms with Crippen molar-refractivity contribution >= 4 is 11.9 Å². The summed E-state index contributed by atoms with van der Waals surface area (Å²) in [5, 5.41) is 12.3. The molecule has 0 fully saturated rings. The van der Waals surface area contributed by atoms with Crippen LogP contribution >= 0.6 is 0 Å². The van der Waals surface area contributed by atoms with E-state index in [-0.39, 0.29) is 18.2 Å². The van der Waals surface area contributed by atoms with E-state index < -0.39 is 11.5 Å². The molecule has 1 amide bonds. The number of nitrogens with one attached hydrogen (secondary N) is 1. The second kappa shape index (κ2) is 9.78. The Kier molecular flexibility index (Phi) is 7.44. The highest BCUT2D eigenvalue weighted by Gasteiger charge is 2.33. The van der Waals surface area contributed by atoms with Gasteiger partial charge in [-0.2, -0.15) is 0 Å². The minimum atomic E-state index is -1.05. The molecule has 0 bridgehead atoms. The van der Waals surface area contributed by atoms with Crippen LogP contribution in [0.15, 0.2) is 54.6 Å². The molecule has 28 heavy (non-hydrogen) atoms. The Balaban J connectivity index is 2.03. The van der Waals surface area contributed by atoms with Gasteiger partial charge in [0.1, 0.15) is 11.5 Å². The van der Waals surface area contributed by atoms with Crippen molar-refractivity contribution in [1.29, 1.82) is 0 Å². The summed E-state index contributed by atoms with van der Waals surface area (Å²) in [5.41, 5.74) is -0.373. The maximum Gasteiger partial charge on any atom is 0.306 e. The summed E-state index contributed by atoms with van der Waals surface area (Å²) in [6.45, 7) is 3.91. The predicted octanol–water partition coefficient (Wildman–Crippen LogP) is 3.61. The lowest BCUT2D eigenvalue weighted by Gasteiger charge is -2.31. The number of carboxylic acid groups (broad SMARTS) is 1. The molecule has 2 aromatic rings. The zero-order valence-corrected chi connectivity index (χ0v) is 16.5. The molecule has 2 rings (SSSR count). The van der Waals surface area contributed by atoms with Gasteiger partial charge in [-0.25, -0.2) is 0 Å². The number of hydrogen-bond donors (Lipinski definition) is 2. The molecule has 2 aromatic carbocycles. The topological polar surface area (TPSA) is 84.9 Å². The third-order valence-corrected chi connectivity index (χ3v) is 4.62. The molecule has 0 aliphatic carbocycles. The first-order chi connectivity index (χ1) is 13.3. The normalized spacial score (nSPS) is 13.8. The number of para-hydroxylation sites is 1. The first-order valence-electron chi connectivity index (χ1n) is 9.20. The first kappa shape index (κ1) is 21.3. The fraction of sp³-hybridized carbons (Fsp3) is 0.364. The molecule has 0 aromatic heterocycles. The molecule has 150 valence electrons. The molecule has 0 radical (unpaired) electrons. The van der Waals surface area contributed by atoms with Crippen LogP contribution in [0.5, 0.6) is 11.5 Å². The molecule has 6 heteroatoms. The number of rotatable bonds is 10. The van der Waals surface area contributed by atoms with Gasteiger partial charge in [-0.05, 0) is 43.2 Å². The summed E-state index contributed by atoms with van der Waals surface area (Å²) < 4.78 is 10.9. The minimum absolute atomic E-state index is 0.219. The highest BCUT2D eigenvalue weighted by molar-refractivity contribution is 5.80. The van der Waals surface area contributed by atoms with Gasteiger partial charge in [0.05, 0.1) is 25.7 Å². The van der Waals surface area contributed by atoms with Crippen molar-refractivity contribution in [3.05, 3.63) is 60.2 Å². The fourth-order valence-electron chi connectivity index (χ4n) is 2.88. The van der Waals surface area contributed by atoms with Gasteiger partial charge in [0.2, 0.25) is 5.91 Å². The Morgan fingerprint density at radius 1 is 1.11 bits per heavy atom. The Labute approximate surface area is 165 Å². The lowest BCUT2D eigenvalue weighted by molar-refractivity contribution is -0.139. The van der Waals surface area contributed by atoms with E-state index in [4.69, 9.17) is 9.47 Å². The monoisotopic (exact) mass is 385 g/mol. The molecule has 0 saturated heterocycles. The number of methoxy groups -OCH3 is 1. The number of carboxylic acids is 1. The molecule has 0 spiro atoms. The van der Waals surface area contributed by atoms with E-state index in [1.807, 2.05) is 30.3 Å². The number of amides is 1. The molecule has 6 nitrogen and oxygen atoms in total. The third-order valence-electron chi connectivity index (χ3n) is 4.62.